The standard InChI is InChI=1S/C25H27NO3/c1-18-12-14-20(15-13-18)24(19-8-5-4-6-9-19)26-23(27)17-16-21-10-7-11-22(28-2)25(21)29-3/h4-15,24H,16-17H2,1-3H3,(H,26,27). The minimum Gasteiger partial charge on any atom is -0.493 e. The van der Waals surface area contributed by atoms with Crippen LogP contribution in [0, 0.1) is 6.92 Å². The van der Waals surface area contributed by atoms with Crippen LogP contribution in [0.3, 0.4) is 0 Å². The van der Waals surface area contributed by atoms with Gasteiger partial charge in [0.1, 0.15) is 0 Å². The highest BCUT2D eigenvalue weighted by atomic mass is 16.5. The van der Waals surface area contributed by atoms with Gasteiger partial charge in [-0.15, -0.1) is 0 Å². The van der Waals surface area contributed by atoms with Crippen molar-refractivity contribution in [1.29, 1.82) is 0 Å². The van der Waals surface area contributed by atoms with Crippen molar-refractivity contribution in [1.82, 2.24) is 5.32 Å². The van der Waals surface area contributed by atoms with Crippen molar-refractivity contribution >= 4 is 5.91 Å². The lowest BCUT2D eigenvalue weighted by molar-refractivity contribution is -0.121. The number of benzene rings is 3. The molecule has 4 nitrogen and oxygen atoms in total. The first-order chi connectivity index (χ1) is 14.1. The van der Waals surface area contributed by atoms with E-state index in [2.05, 4.69) is 36.5 Å². The van der Waals surface area contributed by atoms with Crippen LogP contribution in [0.5, 0.6) is 11.5 Å². The summed E-state index contributed by atoms with van der Waals surface area (Å²) in [5, 5.41) is 3.19. The highest BCUT2D eigenvalue weighted by Crippen LogP contribution is 2.31. The van der Waals surface area contributed by atoms with Gasteiger partial charge in [0.2, 0.25) is 5.91 Å². The molecule has 1 N–H and O–H groups in total. The second-order valence-electron chi connectivity index (χ2n) is 6.97. The second-order valence-corrected chi connectivity index (χ2v) is 6.97. The molecule has 150 valence electrons. The molecule has 0 radical (unpaired) electrons. The minimum absolute atomic E-state index is 0.00991. The molecule has 3 aromatic rings. The maximum atomic E-state index is 12.8. The van der Waals surface area contributed by atoms with Crippen LogP contribution in [0.4, 0.5) is 0 Å². The fourth-order valence-electron chi connectivity index (χ4n) is 3.40. The number of nitrogens with one attached hydrogen (secondary N) is 1. The van der Waals surface area contributed by atoms with Gasteiger partial charge in [-0.2, -0.15) is 0 Å². The Labute approximate surface area is 172 Å². The molecule has 0 spiro atoms. The molecule has 1 atom stereocenters. The molecule has 0 aliphatic rings. The zero-order valence-corrected chi connectivity index (χ0v) is 17.1. The van der Waals surface area contributed by atoms with Gasteiger partial charge < -0.3 is 14.8 Å². The lowest BCUT2D eigenvalue weighted by atomic mass is 9.97. The predicted octanol–water partition coefficient (Wildman–Crippen LogP) is 4.85. The highest BCUT2D eigenvalue weighted by molar-refractivity contribution is 5.77. The number of para-hydroxylation sites is 1. The van der Waals surface area contributed by atoms with Gasteiger partial charge in [0.25, 0.3) is 0 Å². The van der Waals surface area contributed by atoms with Crippen LogP contribution in [-0.2, 0) is 11.2 Å². The molecule has 0 saturated heterocycles. The van der Waals surface area contributed by atoms with Gasteiger partial charge in [-0.25, -0.2) is 0 Å². The van der Waals surface area contributed by atoms with Crippen LogP contribution in [0.2, 0.25) is 0 Å². The average molecular weight is 389 g/mol. The van der Waals surface area contributed by atoms with Gasteiger partial charge in [0.05, 0.1) is 20.3 Å². The molecule has 4 heteroatoms. The van der Waals surface area contributed by atoms with Crippen LogP contribution < -0.4 is 14.8 Å². The van der Waals surface area contributed by atoms with E-state index in [4.69, 9.17) is 9.47 Å². The third-order valence-corrected chi connectivity index (χ3v) is 4.95. The van der Waals surface area contributed by atoms with Gasteiger partial charge in [-0.3, -0.25) is 4.79 Å². The Morgan fingerprint density at radius 1 is 0.862 bits per heavy atom. The summed E-state index contributed by atoms with van der Waals surface area (Å²) in [5.41, 5.74) is 4.27. The number of aryl methyl sites for hydroxylation is 2. The highest BCUT2D eigenvalue weighted by Gasteiger charge is 2.17. The lowest BCUT2D eigenvalue weighted by Crippen LogP contribution is -2.29. The van der Waals surface area contributed by atoms with E-state index in [9.17, 15) is 4.79 Å². The summed E-state index contributed by atoms with van der Waals surface area (Å²) < 4.78 is 10.8. The summed E-state index contributed by atoms with van der Waals surface area (Å²) in [6, 6.07) is 23.8. The van der Waals surface area contributed by atoms with Crippen molar-refractivity contribution in [3.63, 3.8) is 0 Å². The Morgan fingerprint density at radius 2 is 1.55 bits per heavy atom. The van der Waals surface area contributed by atoms with Crippen molar-refractivity contribution < 1.29 is 14.3 Å². The summed E-state index contributed by atoms with van der Waals surface area (Å²) in [4.78, 5) is 12.8. The Morgan fingerprint density at radius 3 is 2.21 bits per heavy atom. The van der Waals surface area contributed by atoms with Crippen molar-refractivity contribution in [2.75, 3.05) is 14.2 Å². The summed E-state index contributed by atoms with van der Waals surface area (Å²) in [6.45, 7) is 2.06. The molecule has 1 unspecified atom stereocenters. The fourth-order valence-corrected chi connectivity index (χ4v) is 3.40. The average Bonchev–Trinajstić information content (AvgIpc) is 2.77. The van der Waals surface area contributed by atoms with Crippen molar-refractivity contribution in [2.45, 2.75) is 25.8 Å². The molecule has 0 fully saturated rings. The minimum atomic E-state index is -0.184. The number of amides is 1. The summed E-state index contributed by atoms with van der Waals surface area (Å²) in [5.74, 6) is 1.34. The normalized spacial score (nSPS) is 11.6. The van der Waals surface area contributed by atoms with Crippen molar-refractivity contribution in [2.24, 2.45) is 0 Å². The Bertz CT molecular complexity index is 936. The molecule has 3 rings (SSSR count). The number of carbonyl (C=O) groups excluding carboxylic acids is 1. The number of hydrogen-bond acceptors (Lipinski definition) is 3. The molecule has 29 heavy (non-hydrogen) atoms. The Hall–Kier alpha value is -3.27. The number of ether oxygens (including phenoxy) is 2. The first-order valence-corrected chi connectivity index (χ1v) is 9.73. The van der Waals surface area contributed by atoms with Crippen molar-refractivity contribution in [3.8, 4) is 11.5 Å². The van der Waals surface area contributed by atoms with E-state index in [-0.39, 0.29) is 11.9 Å². The van der Waals surface area contributed by atoms with E-state index in [0.29, 0.717) is 24.3 Å². The zero-order chi connectivity index (χ0) is 20.6. The fraction of sp³-hybridized carbons (Fsp3) is 0.240. The van der Waals surface area contributed by atoms with E-state index in [1.807, 2.05) is 48.5 Å². The van der Waals surface area contributed by atoms with Gasteiger partial charge >= 0.3 is 0 Å². The number of rotatable bonds is 8. The molecule has 0 bridgehead atoms. The summed E-state index contributed by atoms with van der Waals surface area (Å²) >= 11 is 0. The first-order valence-electron chi connectivity index (χ1n) is 9.73. The van der Waals surface area contributed by atoms with Gasteiger partial charge in [0, 0.05) is 6.42 Å². The van der Waals surface area contributed by atoms with Crippen molar-refractivity contribution in [3.05, 3.63) is 95.1 Å². The summed E-state index contributed by atoms with van der Waals surface area (Å²) in [7, 11) is 3.23. The molecular formula is C25H27NO3. The second kappa shape index (κ2) is 9.78. The van der Waals surface area contributed by atoms with Crippen LogP contribution in [0.15, 0.2) is 72.8 Å². The lowest BCUT2D eigenvalue weighted by Gasteiger charge is -2.20. The van der Waals surface area contributed by atoms with Crippen LogP contribution in [-0.4, -0.2) is 20.1 Å². The van der Waals surface area contributed by atoms with E-state index in [0.717, 1.165) is 16.7 Å². The molecule has 0 aliphatic carbocycles. The third kappa shape index (κ3) is 5.17. The Balaban J connectivity index is 1.75. The number of carbonyl (C=O) groups is 1. The van der Waals surface area contributed by atoms with Crippen LogP contribution in [0.25, 0.3) is 0 Å². The maximum absolute atomic E-state index is 12.8. The van der Waals surface area contributed by atoms with E-state index in [1.54, 1.807) is 14.2 Å². The first kappa shape index (κ1) is 20.5. The Kier molecular flexibility index (Phi) is 6.90. The molecule has 3 aromatic carbocycles. The van der Waals surface area contributed by atoms with E-state index in [1.165, 1.54) is 5.56 Å². The molecular weight excluding hydrogens is 362 g/mol. The maximum Gasteiger partial charge on any atom is 0.221 e. The van der Waals surface area contributed by atoms with E-state index >= 15 is 0 Å². The summed E-state index contributed by atoms with van der Waals surface area (Å²) in [6.07, 6.45) is 0.931. The SMILES string of the molecule is COc1cccc(CCC(=O)NC(c2ccccc2)c2ccc(C)cc2)c1OC. The molecule has 0 heterocycles. The zero-order valence-electron chi connectivity index (χ0n) is 17.1. The van der Waals surface area contributed by atoms with Crippen LogP contribution in [0.1, 0.15) is 34.7 Å². The molecule has 0 aromatic heterocycles. The third-order valence-electron chi connectivity index (χ3n) is 4.95. The number of methoxy groups -OCH3 is 2. The quantitative estimate of drug-likeness (QED) is 0.599. The molecule has 0 saturated carbocycles. The van der Waals surface area contributed by atoms with Crippen LogP contribution >= 0.6 is 0 Å². The largest absolute Gasteiger partial charge is 0.493 e. The monoisotopic (exact) mass is 389 g/mol. The molecule has 1 amide bonds. The van der Waals surface area contributed by atoms with E-state index < -0.39 is 0 Å². The molecule has 0 aliphatic heterocycles. The topological polar surface area (TPSA) is 47.6 Å². The smallest absolute Gasteiger partial charge is 0.221 e. The number of hydrogen-bond donors (Lipinski definition) is 1. The van der Waals surface area contributed by atoms with Gasteiger partial charge in [-0.05, 0) is 36.1 Å². The van der Waals surface area contributed by atoms with Gasteiger partial charge in [0.15, 0.2) is 11.5 Å². The van der Waals surface area contributed by atoms with Gasteiger partial charge in [-0.1, -0.05) is 72.3 Å². The predicted molar refractivity (Wildman–Crippen MR) is 115 cm³/mol.